The molecule has 20 heavy (non-hydrogen) atoms. The van der Waals surface area contributed by atoms with Crippen LogP contribution in [-0.4, -0.2) is 34.3 Å². The van der Waals surface area contributed by atoms with E-state index in [9.17, 15) is 4.79 Å². The molecule has 2 aliphatic heterocycles. The molecule has 1 fully saturated rings. The Hall–Kier alpha value is -1.56. The van der Waals surface area contributed by atoms with Crippen LogP contribution < -0.4 is 4.74 Å². The van der Waals surface area contributed by atoms with E-state index in [1.807, 2.05) is 18.2 Å². The normalized spacial score (nSPS) is 20.4. The molecule has 5 nitrogen and oxygen atoms in total. The Morgan fingerprint density at radius 1 is 1.30 bits per heavy atom. The zero-order valence-electron chi connectivity index (χ0n) is 10.9. The second-order valence-electron chi connectivity index (χ2n) is 5.09. The Morgan fingerprint density at radius 3 is 2.60 bits per heavy atom. The van der Waals surface area contributed by atoms with E-state index in [1.54, 1.807) is 17.0 Å². The molecule has 1 amide bonds. The van der Waals surface area contributed by atoms with Gasteiger partial charge >= 0.3 is 6.09 Å². The largest absolute Gasteiger partial charge is 0.415 e. The van der Waals surface area contributed by atoms with Crippen molar-refractivity contribution in [3.05, 3.63) is 30.3 Å². The molecule has 1 aromatic rings. The van der Waals surface area contributed by atoms with Crippen molar-refractivity contribution < 1.29 is 14.4 Å². The van der Waals surface area contributed by atoms with Crippen molar-refractivity contribution in [3.8, 4) is 5.75 Å². The first-order valence-corrected chi connectivity index (χ1v) is 7.39. The summed E-state index contributed by atoms with van der Waals surface area (Å²) in [5.74, 6) is 0.570. The maximum absolute atomic E-state index is 12.1. The standard InChI is InChI=1S/C14H15BrN2O3/c15-12-10-14(20-16-12)6-8-17(9-7-14)13(18)19-11-4-2-1-3-5-11/h1-5H,6-10H2. The highest BCUT2D eigenvalue weighted by molar-refractivity contribution is 9.18. The number of carbonyl (C=O) groups excluding carboxylic acids is 1. The molecule has 106 valence electrons. The summed E-state index contributed by atoms with van der Waals surface area (Å²) >= 11 is 3.36. The van der Waals surface area contributed by atoms with Crippen molar-refractivity contribution in [2.75, 3.05) is 13.1 Å². The van der Waals surface area contributed by atoms with Crippen LogP contribution in [0, 0.1) is 0 Å². The van der Waals surface area contributed by atoms with Gasteiger partial charge in [-0.25, -0.2) is 4.79 Å². The van der Waals surface area contributed by atoms with E-state index in [2.05, 4.69) is 21.1 Å². The lowest BCUT2D eigenvalue weighted by atomic mass is 9.89. The smallest absolute Gasteiger partial charge is 0.410 e. The quantitative estimate of drug-likeness (QED) is 0.790. The summed E-state index contributed by atoms with van der Waals surface area (Å²) in [6.07, 6.45) is 2.03. The van der Waals surface area contributed by atoms with E-state index in [4.69, 9.17) is 9.57 Å². The monoisotopic (exact) mass is 338 g/mol. The van der Waals surface area contributed by atoms with Gasteiger partial charge < -0.3 is 14.5 Å². The molecule has 1 spiro atoms. The lowest BCUT2D eigenvalue weighted by molar-refractivity contribution is -0.0571. The average Bonchev–Trinajstić information content (AvgIpc) is 2.81. The summed E-state index contributed by atoms with van der Waals surface area (Å²) in [5, 5.41) is 3.95. The van der Waals surface area contributed by atoms with Gasteiger partial charge in [0, 0.05) is 32.4 Å². The van der Waals surface area contributed by atoms with Gasteiger partial charge in [0.1, 0.15) is 16.0 Å². The Kier molecular flexibility index (Phi) is 3.65. The van der Waals surface area contributed by atoms with Gasteiger partial charge in [0.2, 0.25) is 0 Å². The van der Waals surface area contributed by atoms with Crippen LogP contribution in [0.1, 0.15) is 19.3 Å². The fourth-order valence-electron chi connectivity index (χ4n) is 2.50. The van der Waals surface area contributed by atoms with E-state index in [0.717, 1.165) is 23.9 Å². The Morgan fingerprint density at radius 2 is 2.00 bits per heavy atom. The van der Waals surface area contributed by atoms with E-state index in [-0.39, 0.29) is 11.7 Å². The molecule has 1 saturated heterocycles. The molecule has 0 saturated carbocycles. The lowest BCUT2D eigenvalue weighted by Gasteiger charge is -2.36. The molecule has 2 heterocycles. The van der Waals surface area contributed by atoms with Crippen LogP contribution in [0.4, 0.5) is 4.79 Å². The molecule has 0 aromatic heterocycles. The number of hydrogen-bond acceptors (Lipinski definition) is 4. The van der Waals surface area contributed by atoms with Crippen LogP contribution in [0.25, 0.3) is 0 Å². The van der Waals surface area contributed by atoms with Gasteiger partial charge in [-0.1, -0.05) is 23.4 Å². The second kappa shape index (κ2) is 5.44. The summed E-state index contributed by atoms with van der Waals surface area (Å²) in [6.45, 7) is 1.25. The van der Waals surface area contributed by atoms with Crippen molar-refractivity contribution in [3.63, 3.8) is 0 Å². The van der Waals surface area contributed by atoms with E-state index in [1.165, 1.54) is 0 Å². The van der Waals surface area contributed by atoms with Gasteiger partial charge in [-0.3, -0.25) is 0 Å². The van der Waals surface area contributed by atoms with Crippen molar-refractivity contribution >= 4 is 26.6 Å². The molecule has 0 bridgehead atoms. The first kappa shape index (κ1) is 13.4. The van der Waals surface area contributed by atoms with Crippen molar-refractivity contribution in [2.24, 2.45) is 5.16 Å². The molecule has 0 unspecified atom stereocenters. The van der Waals surface area contributed by atoms with Crippen LogP contribution in [0.5, 0.6) is 5.75 Å². The van der Waals surface area contributed by atoms with Crippen LogP contribution in [-0.2, 0) is 4.84 Å². The van der Waals surface area contributed by atoms with E-state index < -0.39 is 0 Å². The SMILES string of the molecule is O=C(Oc1ccccc1)N1CCC2(CC1)CC(Br)=NO2. The fraction of sp³-hybridized carbons (Fsp3) is 0.429. The molecular formula is C14H15BrN2O3. The Balaban J connectivity index is 1.55. The second-order valence-corrected chi connectivity index (χ2v) is 6.00. The van der Waals surface area contributed by atoms with Gasteiger partial charge in [-0.15, -0.1) is 0 Å². The number of amides is 1. The van der Waals surface area contributed by atoms with Crippen molar-refractivity contribution in [2.45, 2.75) is 24.9 Å². The topological polar surface area (TPSA) is 51.1 Å². The predicted molar refractivity (Wildman–Crippen MR) is 78.1 cm³/mol. The summed E-state index contributed by atoms with van der Waals surface area (Å²) in [5.41, 5.74) is -0.234. The minimum absolute atomic E-state index is 0.234. The zero-order chi connectivity index (χ0) is 14.0. The molecule has 0 N–H and O–H groups in total. The number of oxime groups is 1. The maximum Gasteiger partial charge on any atom is 0.415 e. The van der Waals surface area contributed by atoms with Crippen LogP contribution in [0.2, 0.25) is 0 Å². The van der Waals surface area contributed by atoms with Gasteiger partial charge in [0.25, 0.3) is 0 Å². The zero-order valence-corrected chi connectivity index (χ0v) is 12.5. The van der Waals surface area contributed by atoms with Crippen LogP contribution >= 0.6 is 15.9 Å². The lowest BCUT2D eigenvalue weighted by Crippen LogP contribution is -2.47. The highest BCUT2D eigenvalue weighted by atomic mass is 79.9. The molecule has 1 aromatic carbocycles. The highest BCUT2D eigenvalue weighted by Gasteiger charge is 2.42. The van der Waals surface area contributed by atoms with Gasteiger partial charge in [0.15, 0.2) is 0 Å². The molecule has 3 rings (SSSR count). The number of rotatable bonds is 1. The summed E-state index contributed by atoms with van der Waals surface area (Å²) in [7, 11) is 0. The van der Waals surface area contributed by atoms with Gasteiger partial charge in [-0.2, -0.15) is 0 Å². The van der Waals surface area contributed by atoms with Crippen LogP contribution in [0.3, 0.4) is 0 Å². The van der Waals surface area contributed by atoms with Gasteiger partial charge in [0.05, 0.1) is 0 Å². The summed E-state index contributed by atoms with van der Waals surface area (Å²) < 4.78 is 6.18. The summed E-state index contributed by atoms with van der Waals surface area (Å²) in [4.78, 5) is 19.3. The number of halogens is 1. The molecule has 6 heteroatoms. The number of para-hydroxylation sites is 1. The number of nitrogens with zero attached hydrogens (tertiary/aromatic N) is 2. The number of ether oxygens (including phenoxy) is 1. The van der Waals surface area contributed by atoms with E-state index >= 15 is 0 Å². The molecular weight excluding hydrogens is 324 g/mol. The average molecular weight is 339 g/mol. The Bertz CT molecular complexity index is 524. The van der Waals surface area contributed by atoms with E-state index in [0.29, 0.717) is 18.8 Å². The first-order valence-electron chi connectivity index (χ1n) is 6.59. The summed E-state index contributed by atoms with van der Waals surface area (Å²) in [6, 6.07) is 9.12. The number of carbonyl (C=O) groups is 1. The maximum atomic E-state index is 12.1. The number of benzene rings is 1. The third-order valence-corrected chi connectivity index (χ3v) is 4.11. The predicted octanol–water partition coefficient (Wildman–Crippen LogP) is 3.15. The fourth-order valence-corrected chi connectivity index (χ4v) is 3.08. The number of piperidine rings is 1. The van der Waals surface area contributed by atoms with Gasteiger partial charge in [-0.05, 0) is 28.1 Å². The number of hydrogen-bond donors (Lipinski definition) is 0. The van der Waals surface area contributed by atoms with Crippen molar-refractivity contribution in [1.29, 1.82) is 0 Å². The third-order valence-electron chi connectivity index (χ3n) is 3.69. The minimum Gasteiger partial charge on any atom is -0.410 e. The minimum atomic E-state index is -0.302. The molecule has 0 atom stereocenters. The van der Waals surface area contributed by atoms with Crippen molar-refractivity contribution in [1.82, 2.24) is 4.90 Å². The molecule has 0 radical (unpaired) electrons. The first-order chi connectivity index (χ1) is 9.67. The Labute approximate surface area is 125 Å². The third kappa shape index (κ3) is 2.80. The van der Waals surface area contributed by atoms with Crippen LogP contribution in [0.15, 0.2) is 35.5 Å². The number of likely N-dealkylation sites (tertiary alicyclic amines) is 1. The molecule has 0 aliphatic carbocycles. The molecule has 2 aliphatic rings. The highest BCUT2D eigenvalue weighted by Crippen LogP contribution is 2.35.